The van der Waals surface area contributed by atoms with Crippen LogP contribution in [0.1, 0.15) is 36.0 Å². The molecule has 2 aliphatic rings. The summed E-state index contributed by atoms with van der Waals surface area (Å²) in [5, 5.41) is 14.0. The van der Waals surface area contributed by atoms with E-state index in [9.17, 15) is 33.2 Å². The van der Waals surface area contributed by atoms with Gasteiger partial charge >= 0.3 is 12.0 Å². The number of nitrogens with one attached hydrogen (secondary N) is 2. The van der Waals surface area contributed by atoms with Crippen molar-refractivity contribution in [3.8, 4) is 0 Å². The fraction of sp³-hybridized carbons (Fsp3) is 0.400. The number of carbonyl (C=O) groups excluding carboxylic acids is 5. The molecule has 0 bridgehead atoms. The first kappa shape index (κ1) is 23.6. The first-order valence-electron chi connectivity index (χ1n) is 10.2. The van der Waals surface area contributed by atoms with Crippen molar-refractivity contribution in [3.63, 3.8) is 0 Å². The van der Waals surface area contributed by atoms with Crippen molar-refractivity contribution in [1.82, 2.24) is 25.8 Å². The monoisotopic (exact) mass is 463 g/mol. The average molecular weight is 463 g/mol. The Bertz CT molecular complexity index is 987. The summed E-state index contributed by atoms with van der Waals surface area (Å²) in [6.45, 7) is -0.0255. The molecule has 5 amide bonds. The number of urea groups is 1. The van der Waals surface area contributed by atoms with Crippen molar-refractivity contribution in [1.29, 1.82) is 0 Å². The number of benzene rings is 1. The molecule has 2 unspecified atom stereocenters. The lowest BCUT2D eigenvalue weighted by Gasteiger charge is -2.42. The fourth-order valence-electron chi connectivity index (χ4n) is 3.63. The highest BCUT2D eigenvalue weighted by atomic mass is 19.1. The normalized spacial score (nSPS) is 19.3. The summed E-state index contributed by atoms with van der Waals surface area (Å²) in [5.41, 5.74) is 2.29. The topological polar surface area (TPSA) is 156 Å². The van der Waals surface area contributed by atoms with E-state index in [0.29, 0.717) is 6.42 Å². The maximum absolute atomic E-state index is 13.4. The molecule has 2 fully saturated rings. The van der Waals surface area contributed by atoms with Gasteiger partial charge in [-0.3, -0.25) is 24.6 Å². The summed E-state index contributed by atoms with van der Waals surface area (Å²) in [6.07, 6.45) is 0.0114. The number of fused-ring (bicyclic) bond motifs is 1. The van der Waals surface area contributed by atoms with Crippen LogP contribution in [0.5, 0.6) is 0 Å². The van der Waals surface area contributed by atoms with Gasteiger partial charge in [0.15, 0.2) is 0 Å². The number of aliphatic carboxylic acids is 1. The maximum Gasteiger partial charge on any atom is 0.358 e. The van der Waals surface area contributed by atoms with E-state index < -0.39 is 54.0 Å². The van der Waals surface area contributed by atoms with E-state index in [-0.39, 0.29) is 37.8 Å². The highest BCUT2D eigenvalue weighted by Gasteiger charge is 2.44. The smallest absolute Gasteiger partial charge is 0.358 e. The third-order valence-electron chi connectivity index (χ3n) is 5.18. The van der Waals surface area contributed by atoms with Gasteiger partial charge < -0.3 is 15.2 Å². The van der Waals surface area contributed by atoms with Gasteiger partial charge in [0.25, 0.3) is 5.91 Å². The van der Waals surface area contributed by atoms with Crippen LogP contribution in [0.4, 0.5) is 9.18 Å². The highest BCUT2D eigenvalue weighted by molar-refractivity contribution is 5.97. The van der Waals surface area contributed by atoms with E-state index in [0.717, 1.165) is 27.2 Å². The van der Waals surface area contributed by atoms with Gasteiger partial charge in [-0.1, -0.05) is 6.07 Å². The van der Waals surface area contributed by atoms with Gasteiger partial charge in [0.2, 0.25) is 11.8 Å². The van der Waals surface area contributed by atoms with Gasteiger partial charge in [0, 0.05) is 18.5 Å². The zero-order valence-corrected chi connectivity index (χ0v) is 17.4. The molecular formula is C20H22FN5O7. The van der Waals surface area contributed by atoms with E-state index in [1.165, 1.54) is 12.1 Å². The number of amides is 5. The SMILES string of the molecule is O=CC(CC(=O)O)NC(=O)C1CCCN2C(=O)CCN(NC(=O)c3cccc(F)c3)C(=O)N12. The molecule has 2 atom stereocenters. The number of carbonyl (C=O) groups is 6. The van der Waals surface area contributed by atoms with E-state index >= 15 is 0 Å². The Balaban J connectivity index is 1.81. The van der Waals surface area contributed by atoms with Gasteiger partial charge in [-0.05, 0) is 31.0 Å². The van der Waals surface area contributed by atoms with Crippen LogP contribution in [0.25, 0.3) is 0 Å². The summed E-state index contributed by atoms with van der Waals surface area (Å²) in [5.74, 6) is -4.00. The quantitative estimate of drug-likeness (QED) is 0.467. The van der Waals surface area contributed by atoms with Crippen LogP contribution in [0.2, 0.25) is 0 Å². The van der Waals surface area contributed by atoms with Gasteiger partial charge in [0.1, 0.15) is 18.1 Å². The van der Waals surface area contributed by atoms with E-state index in [4.69, 9.17) is 5.11 Å². The lowest BCUT2D eigenvalue weighted by molar-refractivity contribution is -0.155. The minimum atomic E-state index is -1.31. The fourth-order valence-corrected chi connectivity index (χ4v) is 3.63. The van der Waals surface area contributed by atoms with E-state index in [1.807, 2.05) is 0 Å². The number of hydrazine groups is 2. The van der Waals surface area contributed by atoms with Crippen molar-refractivity contribution in [2.75, 3.05) is 13.1 Å². The van der Waals surface area contributed by atoms with Crippen LogP contribution in [0.3, 0.4) is 0 Å². The number of halogens is 1. The first-order chi connectivity index (χ1) is 15.7. The second-order valence-electron chi connectivity index (χ2n) is 7.50. The molecule has 2 aliphatic heterocycles. The summed E-state index contributed by atoms with van der Waals surface area (Å²) in [7, 11) is 0. The third-order valence-corrected chi connectivity index (χ3v) is 5.18. The molecule has 1 aromatic rings. The number of hydrogen-bond donors (Lipinski definition) is 3. The molecule has 2 saturated heterocycles. The minimum Gasteiger partial charge on any atom is -0.481 e. The number of rotatable bonds is 7. The highest BCUT2D eigenvalue weighted by Crippen LogP contribution is 2.24. The molecule has 0 aromatic heterocycles. The molecule has 1 aromatic carbocycles. The zero-order chi connectivity index (χ0) is 24.1. The van der Waals surface area contributed by atoms with Crippen LogP contribution >= 0.6 is 0 Å². The van der Waals surface area contributed by atoms with Gasteiger partial charge in [-0.15, -0.1) is 0 Å². The second kappa shape index (κ2) is 10.1. The third kappa shape index (κ3) is 5.42. The summed E-state index contributed by atoms with van der Waals surface area (Å²) in [4.78, 5) is 73.2. The summed E-state index contributed by atoms with van der Waals surface area (Å²) >= 11 is 0. The van der Waals surface area contributed by atoms with Crippen LogP contribution in [0, 0.1) is 5.82 Å². The molecule has 33 heavy (non-hydrogen) atoms. The molecule has 0 saturated carbocycles. The Morgan fingerprint density at radius 3 is 2.67 bits per heavy atom. The Kier molecular flexibility index (Phi) is 7.20. The second-order valence-corrected chi connectivity index (χ2v) is 7.50. The van der Waals surface area contributed by atoms with Crippen LogP contribution in [-0.4, -0.2) is 81.3 Å². The predicted octanol–water partition coefficient (Wildman–Crippen LogP) is -0.337. The number of carboxylic acids is 1. The van der Waals surface area contributed by atoms with E-state index in [2.05, 4.69) is 10.7 Å². The maximum atomic E-state index is 13.4. The number of nitrogens with zero attached hydrogens (tertiary/aromatic N) is 3. The van der Waals surface area contributed by atoms with Crippen LogP contribution < -0.4 is 10.7 Å². The lowest BCUT2D eigenvalue weighted by Crippen LogP contribution is -2.64. The first-order valence-corrected chi connectivity index (χ1v) is 10.2. The minimum absolute atomic E-state index is 0.0503. The molecule has 13 heteroatoms. The molecule has 3 N–H and O–H groups in total. The molecule has 0 aliphatic carbocycles. The summed E-state index contributed by atoms with van der Waals surface area (Å²) < 4.78 is 13.4. The Labute approximate surface area is 187 Å². The van der Waals surface area contributed by atoms with Crippen LogP contribution in [-0.2, 0) is 19.2 Å². The molecular weight excluding hydrogens is 441 g/mol. The largest absolute Gasteiger partial charge is 0.481 e. The molecule has 2 heterocycles. The predicted molar refractivity (Wildman–Crippen MR) is 107 cm³/mol. The van der Waals surface area contributed by atoms with Crippen molar-refractivity contribution >= 4 is 36.0 Å². The Morgan fingerprint density at radius 1 is 1.24 bits per heavy atom. The lowest BCUT2D eigenvalue weighted by atomic mass is 10.1. The zero-order valence-electron chi connectivity index (χ0n) is 17.4. The van der Waals surface area contributed by atoms with Gasteiger partial charge in [-0.25, -0.2) is 24.2 Å². The van der Waals surface area contributed by atoms with Gasteiger partial charge in [0.05, 0.1) is 19.0 Å². The molecule has 12 nitrogen and oxygen atoms in total. The molecule has 0 spiro atoms. The van der Waals surface area contributed by atoms with Crippen molar-refractivity contribution in [3.05, 3.63) is 35.6 Å². The van der Waals surface area contributed by atoms with E-state index in [1.54, 1.807) is 0 Å². The van der Waals surface area contributed by atoms with Crippen molar-refractivity contribution < 1.29 is 38.3 Å². The van der Waals surface area contributed by atoms with Crippen LogP contribution in [0.15, 0.2) is 24.3 Å². The standard InChI is InChI=1S/C20H22FN5O7/c21-13-4-1-3-12(9-13)18(31)23-24-8-6-16(28)25-7-2-5-15(26(25)20(24)33)19(32)22-14(11-27)10-17(29)30/h1,3-4,9,11,14-15H,2,5-8,10H2,(H,22,32)(H,23,31)(H,29,30). The Hall–Kier alpha value is -4.03. The molecule has 3 rings (SSSR count). The average Bonchev–Trinajstić information content (AvgIpc) is 2.90. The molecule has 176 valence electrons. The summed E-state index contributed by atoms with van der Waals surface area (Å²) in [6, 6.07) is 1.41. The number of aldehydes is 1. The molecule has 0 radical (unpaired) electrons. The number of hydrogen-bond acceptors (Lipinski definition) is 6. The van der Waals surface area contributed by atoms with Crippen molar-refractivity contribution in [2.24, 2.45) is 0 Å². The Morgan fingerprint density at radius 2 is 2.00 bits per heavy atom. The van der Waals surface area contributed by atoms with Gasteiger partial charge in [-0.2, -0.15) is 0 Å². The van der Waals surface area contributed by atoms with Crippen molar-refractivity contribution in [2.45, 2.75) is 37.8 Å². The number of carboxylic acid groups (broad SMARTS) is 1.